The van der Waals surface area contributed by atoms with E-state index >= 15 is 0 Å². The molecule has 0 N–H and O–H groups in total. The summed E-state index contributed by atoms with van der Waals surface area (Å²) in [4.78, 5) is 0. The molecule has 2 aromatic rings. The van der Waals surface area contributed by atoms with Crippen LogP contribution in [-0.2, 0) is 0 Å². The van der Waals surface area contributed by atoms with Crippen molar-refractivity contribution in [3.63, 3.8) is 0 Å². The molecule has 0 amide bonds. The molecule has 1 atom stereocenters. The lowest BCUT2D eigenvalue weighted by Gasteiger charge is -2.14. The maximum atomic E-state index is 4.51. The Labute approximate surface area is 161 Å². The zero-order valence-corrected chi connectivity index (χ0v) is 16.0. The molecular formula is C27H24. The number of rotatable bonds is 2. The van der Waals surface area contributed by atoms with E-state index in [0.717, 1.165) is 12.8 Å². The molecule has 1 saturated carbocycles. The van der Waals surface area contributed by atoms with E-state index in [1.54, 1.807) is 0 Å². The molecule has 0 aliphatic heterocycles. The average molecular weight is 348 g/mol. The summed E-state index contributed by atoms with van der Waals surface area (Å²) in [5.41, 5.74) is 13.8. The SMILES string of the molecule is C=C1/C(=C\C2=CCC=C2c2ccccc2)CC2=Cc3cc(C)c(C)cc3C12. The average Bonchev–Trinajstić information content (AvgIpc) is 3.33. The van der Waals surface area contributed by atoms with Gasteiger partial charge in [-0.15, -0.1) is 0 Å². The quantitative estimate of drug-likeness (QED) is 0.544. The van der Waals surface area contributed by atoms with Crippen LogP contribution in [0.4, 0.5) is 0 Å². The van der Waals surface area contributed by atoms with Crippen LogP contribution < -0.4 is 0 Å². The molecule has 0 heteroatoms. The molecule has 1 fully saturated rings. The van der Waals surface area contributed by atoms with Crippen molar-refractivity contribution in [3.05, 3.63) is 117 Å². The smallest absolute Gasteiger partial charge is 0.0308 e. The van der Waals surface area contributed by atoms with Crippen LogP contribution >= 0.6 is 0 Å². The summed E-state index contributed by atoms with van der Waals surface area (Å²) in [6.07, 6.45) is 11.5. The molecule has 5 rings (SSSR count). The van der Waals surface area contributed by atoms with E-state index < -0.39 is 0 Å². The summed E-state index contributed by atoms with van der Waals surface area (Å²) in [6, 6.07) is 15.4. The van der Waals surface area contributed by atoms with Gasteiger partial charge in [-0.3, -0.25) is 0 Å². The van der Waals surface area contributed by atoms with Crippen LogP contribution in [0.3, 0.4) is 0 Å². The monoisotopic (exact) mass is 348 g/mol. The van der Waals surface area contributed by atoms with E-state index in [1.165, 1.54) is 55.7 Å². The molecule has 3 aliphatic rings. The van der Waals surface area contributed by atoms with Gasteiger partial charge in [0.05, 0.1) is 0 Å². The lowest BCUT2D eigenvalue weighted by molar-refractivity contribution is 1.02. The second-order valence-corrected chi connectivity index (χ2v) is 7.97. The van der Waals surface area contributed by atoms with E-state index in [0.29, 0.717) is 5.92 Å². The molecule has 132 valence electrons. The van der Waals surface area contributed by atoms with Crippen molar-refractivity contribution in [1.29, 1.82) is 0 Å². The van der Waals surface area contributed by atoms with Gasteiger partial charge >= 0.3 is 0 Å². The Hall–Kier alpha value is -2.86. The zero-order chi connectivity index (χ0) is 18.5. The minimum Gasteiger partial charge on any atom is -0.0946 e. The third-order valence-electron chi connectivity index (χ3n) is 6.26. The third kappa shape index (κ3) is 2.59. The molecule has 3 aliphatic carbocycles. The van der Waals surface area contributed by atoms with Crippen LogP contribution in [-0.4, -0.2) is 0 Å². The molecule has 27 heavy (non-hydrogen) atoms. The summed E-state index contributed by atoms with van der Waals surface area (Å²) in [5, 5.41) is 0. The van der Waals surface area contributed by atoms with Crippen molar-refractivity contribution >= 4 is 11.6 Å². The minimum atomic E-state index is 0.386. The van der Waals surface area contributed by atoms with E-state index in [-0.39, 0.29) is 0 Å². The highest BCUT2D eigenvalue weighted by molar-refractivity contribution is 5.85. The number of aryl methyl sites for hydroxylation is 2. The molecule has 0 bridgehead atoms. The predicted octanol–water partition coefficient (Wildman–Crippen LogP) is 7.08. The van der Waals surface area contributed by atoms with E-state index in [4.69, 9.17) is 0 Å². The molecule has 0 nitrogen and oxygen atoms in total. The highest BCUT2D eigenvalue weighted by Crippen LogP contribution is 2.52. The van der Waals surface area contributed by atoms with Crippen LogP contribution in [0, 0.1) is 13.8 Å². The second kappa shape index (κ2) is 6.09. The summed E-state index contributed by atoms with van der Waals surface area (Å²) >= 11 is 0. The highest BCUT2D eigenvalue weighted by Gasteiger charge is 2.35. The van der Waals surface area contributed by atoms with Gasteiger partial charge in [0.25, 0.3) is 0 Å². The van der Waals surface area contributed by atoms with Crippen LogP contribution in [0.25, 0.3) is 11.6 Å². The van der Waals surface area contributed by atoms with Crippen molar-refractivity contribution in [2.45, 2.75) is 32.6 Å². The third-order valence-corrected chi connectivity index (χ3v) is 6.26. The van der Waals surface area contributed by atoms with Crippen molar-refractivity contribution < 1.29 is 0 Å². The molecule has 0 aromatic heterocycles. The highest BCUT2D eigenvalue weighted by atomic mass is 14.4. The van der Waals surface area contributed by atoms with Crippen LogP contribution in [0.1, 0.15) is 46.6 Å². The standard InChI is InChI=1S/C27H24/c1-17-12-23-16-24-15-22(19(3)27(24)26(23)13-18(17)2)14-21-10-7-11-25(21)20-8-5-4-6-9-20/h4-6,8-14,16,27H,3,7,15H2,1-2H3/b22-14-. The van der Waals surface area contributed by atoms with Gasteiger partial charge in [-0.2, -0.15) is 0 Å². The Balaban J connectivity index is 1.48. The van der Waals surface area contributed by atoms with Crippen molar-refractivity contribution in [2.75, 3.05) is 0 Å². The van der Waals surface area contributed by atoms with Crippen LogP contribution in [0.2, 0.25) is 0 Å². The second-order valence-electron chi connectivity index (χ2n) is 7.97. The van der Waals surface area contributed by atoms with E-state index in [1.807, 2.05) is 0 Å². The normalized spacial score (nSPS) is 21.9. The number of hydrogen-bond acceptors (Lipinski definition) is 0. The first-order valence-corrected chi connectivity index (χ1v) is 9.79. The fraction of sp³-hybridized carbons (Fsp3) is 0.185. The fourth-order valence-electron chi connectivity index (χ4n) is 4.70. The van der Waals surface area contributed by atoms with Gasteiger partial charge in [-0.1, -0.05) is 78.9 Å². The number of benzene rings is 2. The fourth-order valence-corrected chi connectivity index (χ4v) is 4.70. The van der Waals surface area contributed by atoms with Crippen molar-refractivity contribution in [2.24, 2.45) is 0 Å². The van der Waals surface area contributed by atoms with Crippen molar-refractivity contribution in [3.8, 4) is 0 Å². The van der Waals surface area contributed by atoms with Crippen LogP contribution in [0.15, 0.2) is 89.6 Å². The van der Waals surface area contributed by atoms with Gasteiger partial charge < -0.3 is 0 Å². The molecule has 1 unspecified atom stereocenters. The van der Waals surface area contributed by atoms with Crippen molar-refractivity contribution in [1.82, 2.24) is 0 Å². The van der Waals surface area contributed by atoms with Gasteiger partial charge in [-0.05, 0) is 76.8 Å². The van der Waals surface area contributed by atoms with Gasteiger partial charge in [0.15, 0.2) is 0 Å². The first-order chi connectivity index (χ1) is 13.1. The Kier molecular flexibility index (Phi) is 3.68. The molecule has 2 aromatic carbocycles. The zero-order valence-electron chi connectivity index (χ0n) is 16.0. The molecule has 0 spiro atoms. The van der Waals surface area contributed by atoms with E-state index in [9.17, 15) is 0 Å². The molecule has 0 radical (unpaired) electrons. The Morgan fingerprint density at radius 2 is 1.78 bits per heavy atom. The maximum Gasteiger partial charge on any atom is 0.0308 e. The molecule has 0 heterocycles. The first kappa shape index (κ1) is 16.3. The van der Waals surface area contributed by atoms with E-state index in [2.05, 4.69) is 87.2 Å². The van der Waals surface area contributed by atoms with Crippen LogP contribution in [0.5, 0.6) is 0 Å². The molecule has 0 saturated heterocycles. The number of allylic oxidation sites excluding steroid dienone is 8. The Morgan fingerprint density at radius 3 is 2.59 bits per heavy atom. The summed E-state index contributed by atoms with van der Waals surface area (Å²) in [5.74, 6) is 0.386. The van der Waals surface area contributed by atoms with Gasteiger partial charge in [0, 0.05) is 5.92 Å². The molecular weight excluding hydrogens is 324 g/mol. The number of hydrogen-bond donors (Lipinski definition) is 0. The maximum absolute atomic E-state index is 4.51. The minimum absolute atomic E-state index is 0.386. The first-order valence-electron chi connectivity index (χ1n) is 9.79. The summed E-state index contributed by atoms with van der Waals surface area (Å²) < 4.78 is 0. The summed E-state index contributed by atoms with van der Waals surface area (Å²) in [6.45, 7) is 8.92. The van der Waals surface area contributed by atoms with Gasteiger partial charge in [0.2, 0.25) is 0 Å². The summed E-state index contributed by atoms with van der Waals surface area (Å²) in [7, 11) is 0. The Morgan fingerprint density at radius 1 is 1.00 bits per heavy atom. The lowest BCUT2D eigenvalue weighted by atomic mass is 9.90. The lowest BCUT2D eigenvalue weighted by Crippen LogP contribution is -1.97. The largest absolute Gasteiger partial charge is 0.0946 e. The topological polar surface area (TPSA) is 0 Å². The Bertz CT molecular complexity index is 1080. The number of fused-ring (bicyclic) bond motifs is 3. The van der Waals surface area contributed by atoms with Gasteiger partial charge in [0.1, 0.15) is 0 Å². The van der Waals surface area contributed by atoms with Gasteiger partial charge in [-0.25, -0.2) is 0 Å². The predicted molar refractivity (Wildman–Crippen MR) is 116 cm³/mol.